The summed E-state index contributed by atoms with van der Waals surface area (Å²) in [6.45, 7) is 8.40. The second-order valence-corrected chi connectivity index (χ2v) is 5.76. The Morgan fingerprint density at radius 2 is 1.84 bits per heavy atom. The number of hydrogen-bond acceptors (Lipinski definition) is 3. The highest BCUT2D eigenvalue weighted by atomic mass is 35.5. The van der Waals surface area contributed by atoms with E-state index in [2.05, 4.69) is 21.9 Å². The summed E-state index contributed by atoms with van der Waals surface area (Å²) in [6.07, 6.45) is 1.08. The summed E-state index contributed by atoms with van der Waals surface area (Å²) >= 11 is 6.25. The van der Waals surface area contributed by atoms with E-state index in [1.54, 1.807) is 0 Å². The van der Waals surface area contributed by atoms with Gasteiger partial charge in [-0.2, -0.15) is 0 Å². The molecule has 1 fully saturated rings. The third-order valence-corrected chi connectivity index (χ3v) is 4.48. The third kappa shape index (κ3) is 3.29. The van der Waals surface area contributed by atoms with Gasteiger partial charge in [0.2, 0.25) is 0 Å². The lowest BCUT2D eigenvalue weighted by Crippen LogP contribution is -2.42. The Bertz CT molecular complexity index is 432. The van der Waals surface area contributed by atoms with E-state index < -0.39 is 0 Å². The maximum absolute atomic E-state index is 6.25. The maximum Gasteiger partial charge on any atom is 0.0594 e. The second kappa shape index (κ2) is 6.23. The van der Waals surface area contributed by atoms with Crippen LogP contribution >= 0.6 is 11.6 Å². The van der Waals surface area contributed by atoms with Gasteiger partial charge in [0.1, 0.15) is 0 Å². The number of nitrogens with zero attached hydrogens (tertiary/aromatic N) is 2. The highest BCUT2D eigenvalue weighted by molar-refractivity contribution is 6.31. The Morgan fingerprint density at radius 3 is 2.68 bits per heavy atom. The fourth-order valence-electron chi connectivity index (χ4n) is 2.92. The molecular formula is C15H21ClN2O. The Morgan fingerprint density at radius 1 is 1.05 bits per heavy atom. The first-order valence-corrected chi connectivity index (χ1v) is 7.49. The van der Waals surface area contributed by atoms with Crippen molar-refractivity contribution < 1.29 is 4.74 Å². The van der Waals surface area contributed by atoms with Crippen molar-refractivity contribution in [3.8, 4) is 0 Å². The molecule has 104 valence electrons. The van der Waals surface area contributed by atoms with Crippen molar-refractivity contribution in [3.05, 3.63) is 34.3 Å². The minimum atomic E-state index is 0.887. The summed E-state index contributed by atoms with van der Waals surface area (Å²) < 4.78 is 5.38. The van der Waals surface area contributed by atoms with E-state index in [0.29, 0.717) is 0 Å². The van der Waals surface area contributed by atoms with Crippen LogP contribution in [0.1, 0.15) is 11.1 Å². The molecule has 0 bridgehead atoms. The van der Waals surface area contributed by atoms with Crippen LogP contribution in [0.2, 0.25) is 5.02 Å². The van der Waals surface area contributed by atoms with Crippen LogP contribution < -0.4 is 0 Å². The molecule has 0 saturated carbocycles. The lowest BCUT2D eigenvalue weighted by atomic mass is 10.00. The zero-order valence-electron chi connectivity index (χ0n) is 11.3. The van der Waals surface area contributed by atoms with Gasteiger partial charge >= 0.3 is 0 Å². The molecular weight excluding hydrogens is 260 g/mol. The Labute approximate surface area is 120 Å². The molecule has 0 atom stereocenters. The number of hydrogen-bond donors (Lipinski definition) is 0. The molecule has 3 rings (SSSR count). The van der Waals surface area contributed by atoms with E-state index in [1.165, 1.54) is 11.1 Å². The van der Waals surface area contributed by atoms with E-state index in [0.717, 1.165) is 63.9 Å². The molecule has 2 heterocycles. The van der Waals surface area contributed by atoms with E-state index in [1.807, 2.05) is 6.07 Å². The van der Waals surface area contributed by atoms with Crippen LogP contribution in [0, 0.1) is 0 Å². The lowest BCUT2D eigenvalue weighted by molar-refractivity contribution is 0.0327. The van der Waals surface area contributed by atoms with Crippen molar-refractivity contribution in [2.24, 2.45) is 0 Å². The number of morpholine rings is 1. The van der Waals surface area contributed by atoms with Crippen LogP contribution in [0.5, 0.6) is 0 Å². The summed E-state index contributed by atoms with van der Waals surface area (Å²) in [6, 6.07) is 6.28. The van der Waals surface area contributed by atoms with Crippen molar-refractivity contribution in [1.82, 2.24) is 9.80 Å². The molecule has 1 aromatic carbocycles. The molecule has 3 nitrogen and oxygen atoms in total. The number of fused-ring (bicyclic) bond motifs is 1. The smallest absolute Gasteiger partial charge is 0.0594 e. The second-order valence-electron chi connectivity index (χ2n) is 5.36. The SMILES string of the molecule is Clc1cccc2c1CCN(CCN1CCOCC1)C2. The van der Waals surface area contributed by atoms with Crippen LogP contribution in [0.25, 0.3) is 0 Å². The van der Waals surface area contributed by atoms with Gasteiger partial charge in [-0.05, 0) is 23.6 Å². The summed E-state index contributed by atoms with van der Waals surface area (Å²) in [5, 5.41) is 0.935. The molecule has 0 N–H and O–H groups in total. The Kier molecular flexibility index (Phi) is 4.38. The minimum Gasteiger partial charge on any atom is -0.379 e. The highest BCUT2D eigenvalue weighted by Crippen LogP contribution is 2.25. The van der Waals surface area contributed by atoms with Gasteiger partial charge in [-0.3, -0.25) is 9.80 Å². The minimum absolute atomic E-state index is 0.887. The van der Waals surface area contributed by atoms with Crippen molar-refractivity contribution in [1.29, 1.82) is 0 Å². The van der Waals surface area contributed by atoms with Crippen LogP contribution in [-0.4, -0.2) is 55.7 Å². The molecule has 2 aliphatic heterocycles. The number of ether oxygens (including phenoxy) is 1. The first-order chi connectivity index (χ1) is 9.33. The van der Waals surface area contributed by atoms with E-state index in [-0.39, 0.29) is 0 Å². The van der Waals surface area contributed by atoms with Crippen molar-refractivity contribution >= 4 is 11.6 Å². The van der Waals surface area contributed by atoms with Crippen LogP contribution in [-0.2, 0) is 17.7 Å². The standard InChI is InChI=1S/C15H21ClN2O/c16-15-3-1-2-13-12-18(5-4-14(13)15)7-6-17-8-10-19-11-9-17/h1-3H,4-12H2. The first kappa shape index (κ1) is 13.4. The van der Waals surface area contributed by atoms with Crippen LogP contribution in [0.3, 0.4) is 0 Å². The molecule has 0 amide bonds. The zero-order valence-corrected chi connectivity index (χ0v) is 12.0. The predicted molar refractivity (Wildman–Crippen MR) is 77.7 cm³/mol. The average molecular weight is 281 g/mol. The topological polar surface area (TPSA) is 15.7 Å². The summed E-state index contributed by atoms with van der Waals surface area (Å²) in [7, 11) is 0. The van der Waals surface area contributed by atoms with Gasteiger partial charge in [-0.25, -0.2) is 0 Å². The number of benzene rings is 1. The van der Waals surface area contributed by atoms with Crippen molar-refractivity contribution in [2.75, 3.05) is 45.9 Å². The largest absolute Gasteiger partial charge is 0.379 e. The molecule has 1 saturated heterocycles. The third-order valence-electron chi connectivity index (χ3n) is 4.12. The molecule has 0 aliphatic carbocycles. The lowest BCUT2D eigenvalue weighted by Gasteiger charge is -2.32. The number of rotatable bonds is 3. The van der Waals surface area contributed by atoms with Gasteiger partial charge in [0.25, 0.3) is 0 Å². The van der Waals surface area contributed by atoms with Crippen molar-refractivity contribution in [2.45, 2.75) is 13.0 Å². The van der Waals surface area contributed by atoms with Gasteiger partial charge in [-0.1, -0.05) is 23.7 Å². The summed E-state index contributed by atoms with van der Waals surface area (Å²) in [5.41, 5.74) is 2.76. The fourth-order valence-corrected chi connectivity index (χ4v) is 3.21. The first-order valence-electron chi connectivity index (χ1n) is 7.11. The normalized spacial score (nSPS) is 21.3. The van der Waals surface area contributed by atoms with E-state index in [9.17, 15) is 0 Å². The molecule has 1 aromatic rings. The van der Waals surface area contributed by atoms with Gasteiger partial charge in [0, 0.05) is 44.3 Å². The molecule has 19 heavy (non-hydrogen) atoms. The van der Waals surface area contributed by atoms with Crippen LogP contribution in [0.15, 0.2) is 18.2 Å². The molecule has 0 radical (unpaired) electrons. The van der Waals surface area contributed by atoms with E-state index in [4.69, 9.17) is 16.3 Å². The number of halogens is 1. The Balaban J connectivity index is 1.54. The average Bonchev–Trinajstić information content (AvgIpc) is 2.46. The monoisotopic (exact) mass is 280 g/mol. The molecule has 2 aliphatic rings. The van der Waals surface area contributed by atoms with Crippen LogP contribution in [0.4, 0.5) is 0 Å². The predicted octanol–water partition coefficient (Wildman–Crippen LogP) is 2.03. The highest BCUT2D eigenvalue weighted by Gasteiger charge is 2.19. The quantitative estimate of drug-likeness (QED) is 0.843. The van der Waals surface area contributed by atoms with Crippen molar-refractivity contribution in [3.63, 3.8) is 0 Å². The zero-order chi connectivity index (χ0) is 13.1. The molecule has 0 aromatic heterocycles. The summed E-state index contributed by atoms with van der Waals surface area (Å²) in [5.74, 6) is 0. The molecule has 0 unspecified atom stereocenters. The van der Waals surface area contributed by atoms with Gasteiger partial charge in [0.15, 0.2) is 0 Å². The van der Waals surface area contributed by atoms with Gasteiger partial charge in [0.05, 0.1) is 13.2 Å². The van der Waals surface area contributed by atoms with E-state index >= 15 is 0 Å². The van der Waals surface area contributed by atoms with Gasteiger partial charge in [-0.15, -0.1) is 0 Å². The fraction of sp³-hybridized carbons (Fsp3) is 0.600. The molecule has 4 heteroatoms. The molecule has 0 spiro atoms. The summed E-state index contributed by atoms with van der Waals surface area (Å²) in [4.78, 5) is 5.03. The maximum atomic E-state index is 6.25. The van der Waals surface area contributed by atoms with Gasteiger partial charge < -0.3 is 4.74 Å². The Hall–Kier alpha value is -0.610.